The van der Waals surface area contributed by atoms with E-state index in [-0.39, 0.29) is 17.9 Å². The lowest BCUT2D eigenvalue weighted by Crippen LogP contribution is -2.42. The van der Waals surface area contributed by atoms with Gasteiger partial charge in [-0.25, -0.2) is 0 Å². The number of aryl methyl sites for hydroxylation is 1. The van der Waals surface area contributed by atoms with Gasteiger partial charge < -0.3 is 10.1 Å². The van der Waals surface area contributed by atoms with Gasteiger partial charge in [-0.15, -0.1) is 0 Å². The Balaban J connectivity index is 2.39. The van der Waals surface area contributed by atoms with Crippen LogP contribution in [-0.2, 0) is 23.0 Å². The zero-order valence-corrected chi connectivity index (χ0v) is 10.9. The number of carbonyl (C=O) groups is 1. The Morgan fingerprint density at radius 3 is 2.76 bits per heavy atom. The van der Waals surface area contributed by atoms with Crippen LogP contribution in [0.5, 0.6) is 0 Å². The number of methoxy groups -OCH3 is 1. The average Bonchev–Trinajstić information content (AvgIpc) is 2.69. The maximum absolute atomic E-state index is 11.5. The van der Waals surface area contributed by atoms with E-state index >= 15 is 0 Å². The number of aromatic nitrogens is 2. The van der Waals surface area contributed by atoms with Gasteiger partial charge >= 0.3 is 5.97 Å². The van der Waals surface area contributed by atoms with E-state index in [9.17, 15) is 4.79 Å². The Bertz CT molecular complexity index is 360. The van der Waals surface area contributed by atoms with Gasteiger partial charge in [0, 0.05) is 19.8 Å². The van der Waals surface area contributed by atoms with E-state index in [1.54, 1.807) is 4.68 Å². The Morgan fingerprint density at radius 1 is 1.59 bits per heavy atom. The first kappa shape index (κ1) is 13.7. The SMILES string of the molecule is COC(=O)C(NCCc1cnn(C)c1)C(C)C. The highest BCUT2D eigenvalue weighted by atomic mass is 16.5. The molecule has 1 aromatic heterocycles. The van der Waals surface area contributed by atoms with Gasteiger partial charge in [0.15, 0.2) is 0 Å². The molecular formula is C12H21N3O2. The summed E-state index contributed by atoms with van der Waals surface area (Å²) in [6.07, 6.45) is 4.67. The summed E-state index contributed by atoms with van der Waals surface area (Å²) in [5.74, 6) is 0.0162. The van der Waals surface area contributed by atoms with E-state index in [2.05, 4.69) is 10.4 Å². The zero-order chi connectivity index (χ0) is 12.8. The number of ether oxygens (including phenoxy) is 1. The van der Waals surface area contributed by atoms with Crippen LogP contribution >= 0.6 is 0 Å². The van der Waals surface area contributed by atoms with E-state index in [1.807, 2.05) is 33.3 Å². The lowest BCUT2D eigenvalue weighted by Gasteiger charge is -2.19. The number of carbonyl (C=O) groups excluding carboxylic acids is 1. The first-order chi connectivity index (χ1) is 8.04. The fourth-order valence-corrected chi connectivity index (χ4v) is 1.69. The minimum atomic E-state index is -0.239. The molecule has 1 rings (SSSR count). The van der Waals surface area contributed by atoms with Crippen molar-refractivity contribution in [1.82, 2.24) is 15.1 Å². The van der Waals surface area contributed by atoms with E-state index in [4.69, 9.17) is 4.74 Å². The summed E-state index contributed by atoms with van der Waals surface area (Å²) in [6.45, 7) is 4.74. The third-order valence-corrected chi connectivity index (χ3v) is 2.66. The molecule has 1 atom stereocenters. The van der Waals surface area contributed by atoms with Crippen molar-refractivity contribution in [2.45, 2.75) is 26.3 Å². The molecule has 0 amide bonds. The van der Waals surface area contributed by atoms with Crippen LogP contribution in [0.4, 0.5) is 0 Å². The molecule has 0 aromatic carbocycles. The second-order valence-corrected chi connectivity index (χ2v) is 4.47. The number of nitrogens with one attached hydrogen (secondary N) is 1. The van der Waals surface area contributed by atoms with E-state index in [0.29, 0.717) is 0 Å². The highest BCUT2D eigenvalue weighted by Crippen LogP contribution is 2.04. The highest BCUT2D eigenvalue weighted by Gasteiger charge is 2.21. The van der Waals surface area contributed by atoms with Gasteiger partial charge in [0.05, 0.1) is 13.3 Å². The molecule has 5 heteroatoms. The lowest BCUT2D eigenvalue weighted by atomic mass is 10.0. The van der Waals surface area contributed by atoms with E-state index < -0.39 is 0 Å². The molecule has 17 heavy (non-hydrogen) atoms. The second kappa shape index (κ2) is 6.39. The maximum Gasteiger partial charge on any atom is 0.323 e. The Labute approximate surface area is 102 Å². The minimum Gasteiger partial charge on any atom is -0.468 e. The summed E-state index contributed by atoms with van der Waals surface area (Å²) in [7, 11) is 3.31. The largest absolute Gasteiger partial charge is 0.468 e. The summed E-state index contributed by atoms with van der Waals surface area (Å²) in [5.41, 5.74) is 1.16. The lowest BCUT2D eigenvalue weighted by molar-refractivity contribution is -0.144. The molecule has 0 spiro atoms. The van der Waals surface area contributed by atoms with Crippen molar-refractivity contribution in [2.75, 3.05) is 13.7 Å². The fourth-order valence-electron chi connectivity index (χ4n) is 1.69. The van der Waals surface area contributed by atoms with Crippen LogP contribution in [-0.4, -0.2) is 35.4 Å². The van der Waals surface area contributed by atoms with Crippen molar-refractivity contribution in [3.8, 4) is 0 Å². The van der Waals surface area contributed by atoms with Crippen LogP contribution in [0.2, 0.25) is 0 Å². The van der Waals surface area contributed by atoms with Crippen LogP contribution in [0.15, 0.2) is 12.4 Å². The van der Waals surface area contributed by atoms with Crippen molar-refractivity contribution in [2.24, 2.45) is 13.0 Å². The average molecular weight is 239 g/mol. The number of hydrogen-bond donors (Lipinski definition) is 1. The molecule has 1 unspecified atom stereocenters. The molecule has 1 aromatic rings. The smallest absolute Gasteiger partial charge is 0.323 e. The number of rotatable bonds is 6. The zero-order valence-electron chi connectivity index (χ0n) is 10.9. The summed E-state index contributed by atoms with van der Waals surface area (Å²) in [4.78, 5) is 11.5. The first-order valence-corrected chi connectivity index (χ1v) is 5.83. The van der Waals surface area contributed by atoms with E-state index in [0.717, 1.165) is 18.5 Å². The first-order valence-electron chi connectivity index (χ1n) is 5.83. The van der Waals surface area contributed by atoms with Crippen LogP contribution in [0.1, 0.15) is 19.4 Å². The quantitative estimate of drug-likeness (QED) is 0.744. The molecule has 0 aliphatic heterocycles. The third-order valence-electron chi connectivity index (χ3n) is 2.66. The molecule has 0 saturated carbocycles. The Hall–Kier alpha value is -1.36. The van der Waals surface area contributed by atoms with Gasteiger partial charge in [0.2, 0.25) is 0 Å². The van der Waals surface area contributed by atoms with Gasteiger partial charge in [-0.05, 0) is 17.9 Å². The third kappa shape index (κ3) is 4.19. The van der Waals surface area contributed by atoms with E-state index in [1.165, 1.54) is 7.11 Å². The van der Waals surface area contributed by atoms with Gasteiger partial charge in [-0.2, -0.15) is 5.10 Å². The summed E-state index contributed by atoms with van der Waals surface area (Å²) in [5, 5.41) is 7.31. The van der Waals surface area contributed by atoms with Crippen LogP contribution in [0.25, 0.3) is 0 Å². The standard InChI is InChI=1S/C12H21N3O2/c1-9(2)11(12(16)17-4)13-6-5-10-7-14-15(3)8-10/h7-9,11,13H,5-6H2,1-4H3. The monoisotopic (exact) mass is 239 g/mol. The van der Waals surface area contributed by atoms with Crippen molar-refractivity contribution in [1.29, 1.82) is 0 Å². The molecule has 0 aliphatic carbocycles. The second-order valence-electron chi connectivity index (χ2n) is 4.47. The summed E-state index contributed by atoms with van der Waals surface area (Å²) >= 11 is 0. The molecule has 1 heterocycles. The minimum absolute atomic E-state index is 0.203. The highest BCUT2D eigenvalue weighted by molar-refractivity contribution is 5.75. The molecule has 0 fully saturated rings. The van der Waals surface area contributed by atoms with Crippen molar-refractivity contribution >= 4 is 5.97 Å². The van der Waals surface area contributed by atoms with Crippen LogP contribution in [0.3, 0.4) is 0 Å². The molecule has 5 nitrogen and oxygen atoms in total. The van der Waals surface area contributed by atoms with Crippen molar-refractivity contribution in [3.63, 3.8) is 0 Å². The number of nitrogens with zero attached hydrogens (tertiary/aromatic N) is 2. The topological polar surface area (TPSA) is 56.1 Å². The molecule has 0 saturated heterocycles. The normalized spacial score (nSPS) is 12.8. The molecule has 0 aliphatic rings. The molecule has 1 N–H and O–H groups in total. The van der Waals surface area contributed by atoms with Gasteiger partial charge in [0.1, 0.15) is 6.04 Å². The van der Waals surface area contributed by atoms with Gasteiger partial charge in [-0.1, -0.05) is 13.8 Å². The van der Waals surface area contributed by atoms with Crippen LogP contribution in [0, 0.1) is 5.92 Å². The Kier molecular flexibility index (Phi) is 5.15. The Morgan fingerprint density at radius 2 is 2.29 bits per heavy atom. The molecule has 96 valence electrons. The predicted molar refractivity (Wildman–Crippen MR) is 65.6 cm³/mol. The van der Waals surface area contributed by atoms with Gasteiger partial charge in [-0.3, -0.25) is 9.48 Å². The number of esters is 1. The van der Waals surface area contributed by atoms with Crippen LogP contribution < -0.4 is 5.32 Å². The number of hydrogen-bond acceptors (Lipinski definition) is 4. The molecular weight excluding hydrogens is 218 g/mol. The summed E-state index contributed by atoms with van der Waals surface area (Å²) in [6, 6.07) is -0.239. The summed E-state index contributed by atoms with van der Waals surface area (Å²) < 4.78 is 6.54. The predicted octanol–water partition coefficient (Wildman–Crippen LogP) is 0.750. The maximum atomic E-state index is 11.5. The van der Waals surface area contributed by atoms with Crippen molar-refractivity contribution in [3.05, 3.63) is 18.0 Å². The molecule has 0 radical (unpaired) electrons. The fraction of sp³-hybridized carbons (Fsp3) is 0.667. The molecule has 0 bridgehead atoms. The van der Waals surface area contributed by atoms with Gasteiger partial charge in [0.25, 0.3) is 0 Å². The van der Waals surface area contributed by atoms with Crippen molar-refractivity contribution < 1.29 is 9.53 Å².